The smallest absolute Gasteiger partial charge is 0.137 e. The van der Waals surface area contributed by atoms with Crippen LogP contribution in [0.4, 0.5) is 5.69 Å². The van der Waals surface area contributed by atoms with E-state index in [1.54, 1.807) is 25.3 Å². The molecule has 0 aliphatic carbocycles. The molecule has 100 valence electrons. The summed E-state index contributed by atoms with van der Waals surface area (Å²) >= 11 is 0. The molecule has 0 bridgehead atoms. The zero-order valence-electron chi connectivity index (χ0n) is 10.6. The van der Waals surface area contributed by atoms with Gasteiger partial charge in [-0.2, -0.15) is 0 Å². The van der Waals surface area contributed by atoms with Gasteiger partial charge in [-0.05, 0) is 31.4 Å². The van der Waals surface area contributed by atoms with E-state index in [1.807, 2.05) is 0 Å². The maximum atomic E-state index is 12.2. The van der Waals surface area contributed by atoms with Gasteiger partial charge >= 0.3 is 0 Å². The van der Waals surface area contributed by atoms with Gasteiger partial charge in [-0.15, -0.1) is 0 Å². The highest BCUT2D eigenvalue weighted by Crippen LogP contribution is 2.26. The van der Waals surface area contributed by atoms with Crippen molar-refractivity contribution < 1.29 is 13.7 Å². The molecule has 1 fully saturated rings. The lowest BCUT2D eigenvalue weighted by atomic mass is 10.2. The first-order valence-corrected chi connectivity index (χ1v) is 7.46. The molecule has 1 saturated heterocycles. The van der Waals surface area contributed by atoms with Gasteiger partial charge in [0.15, 0.2) is 0 Å². The first-order chi connectivity index (χ1) is 8.70. The van der Waals surface area contributed by atoms with Gasteiger partial charge in [-0.3, -0.25) is 4.21 Å². The Morgan fingerprint density at radius 1 is 1.56 bits per heavy atom. The van der Waals surface area contributed by atoms with Gasteiger partial charge in [0.1, 0.15) is 5.75 Å². The van der Waals surface area contributed by atoms with Crippen LogP contribution in [0.15, 0.2) is 23.1 Å². The predicted molar refractivity (Wildman–Crippen MR) is 72.3 cm³/mol. The van der Waals surface area contributed by atoms with Gasteiger partial charge in [-0.25, -0.2) is 0 Å². The van der Waals surface area contributed by atoms with Gasteiger partial charge in [-0.1, -0.05) is 0 Å². The molecule has 5 heteroatoms. The van der Waals surface area contributed by atoms with Crippen molar-refractivity contribution >= 4 is 16.5 Å². The molecule has 1 aliphatic heterocycles. The number of anilines is 1. The molecule has 1 aromatic carbocycles. The molecule has 1 aliphatic rings. The molecule has 1 aromatic rings. The minimum absolute atomic E-state index is 0.272. The van der Waals surface area contributed by atoms with Crippen molar-refractivity contribution in [3.8, 4) is 5.75 Å². The summed E-state index contributed by atoms with van der Waals surface area (Å²) in [5.41, 5.74) is 6.30. The maximum Gasteiger partial charge on any atom is 0.137 e. The van der Waals surface area contributed by atoms with Crippen LogP contribution in [0, 0.1) is 0 Å². The van der Waals surface area contributed by atoms with Gasteiger partial charge in [0.05, 0.1) is 28.9 Å². The molecule has 0 spiro atoms. The van der Waals surface area contributed by atoms with Crippen molar-refractivity contribution in [1.82, 2.24) is 0 Å². The number of rotatable bonds is 5. The summed E-state index contributed by atoms with van der Waals surface area (Å²) in [7, 11) is 0.505. The Morgan fingerprint density at radius 3 is 3.06 bits per heavy atom. The topological polar surface area (TPSA) is 61.5 Å². The molecule has 0 saturated carbocycles. The van der Waals surface area contributed by atoms with Crippen LogP contribution >= 0.6 is 0 Å². The van der Waals surface area contributed by atoms with Crippen molar-refractivity contribution in [2.75, 3.05) is 25.2 Å². The van der Waals surface area contributed by atoms with E-state index in [2.05, 4.69) is 0 Å². The largest absolute Gasteiger partial charge is 0.495 e. The van der Waals surface area contributed by atoms with Crippen molar-refractivity contribution in [2.24, 2.45) is 0 Å². The zero-order chi connectivity index (χ0) is 13.0. The van der Waals surface area contributed by atoms with Gasteiger partial charge in [0.2, 0.25) is 0 Å². The number of nitrogen functional groups attached to an aromatic ring is 1. The van der Waals surface area contributed by atoms with Gasteiger partial charge in [0.25, 0.3) is 0 Å². The molecular weight excluding hydrogens is 250 g/mol. The van der Waals surface area contributed by atoms with E-state index in [-0.39, 0.29) is 6.10 Å². The first kappa shape index (κ1) is 13.4. The predicted octanol–water partition coefficient (Wildman–Crippen LogP) is 1.95. The number of benzene rings is 1. The Bertz CT molecular complexity index is 430. The highest BCUT2D eigenvalue weighted by molar-refractivity contribution is 7.85. The highest BCUT2D eigenvalue weighted by atomic mass is 32.2. The van der Waals surface area contributed by atoms with E-state index in [4.69, 9.17) is 15.2 Å². The molecular formula is C13H19NO3S. The molecule has 2 rings (SSSR count). The second kappa shape index (κ2) is 6.20. The van der Waals surface area contributed by atoms with E-state index in [9.17, 15) is 4.21 Å². The van der Waals surface area contributed by atoms with Crippen molar-refractivity contribution in [3.63, 3.8) is 0 Å². The molecule has 2 N–H and O–H groups in total. The molecule has 2 unspecified atom stereocenters. The summed E-state index contributed by atoms with van der Waals surface area (Å²) in [6.45, 7) is 0.836. The Kier molecular flexibility index (Phi) is 4.60. The Labute approximate surface area is 110 Å². The summed E-state index contributed by atoms with van der Waals surface area (Å²) < 4.78 is 23.0. The normalized spacial score (nSPS) is 20.8. The molecule has 0 amide bonds. The van der Waals surface area contributed by atoms with E-state index < -0.39 is 10.8 Å². The third-order valence-corrected chi connectivity index (χ3v) is 4.52. The van der Waals surface area contributed by atoms with E-state index >= 15 is 0 Å². The maximum absolute atomic E-state index is 12.2. The van der Waals surface area contributed by atoms with E-state index in [1.165, 1.54) is 0 Å². The van der Waals surface area contributed by atoms with Crippen molar-refractivity contribution in [1.29, 1.82) is 0 Å². The fraction of sp³-hybridized carbons (Fsp3) is 0.538. The second-order valence-electron chi connectivity index (χ2n) is 4.38. The van der Waals surface area contributed by atoms with E-state index in [0.29, 0.717) is 22.1 Å². The molecule has 0 aromatic heterocycles. The highest BCUT2D eigenvalue weighted by Gasteiger charge is 2.18. The Morgan fingerprint density at radius 2 is 2.39 bits per heavy atom. The molecule has 0 radical (unpaired) electrons. The third kappa shape index (κ3) is 3.23. The molecule has 1 heterocycles. The summed E-state index contributed by atoms with van der Waals surface area (Å²) in [5.74, 6) is 1.20. The minimum Gasteiger partial charge on any atom is -0.495 e. The minimum atomic E-state index is -1.06. The summed E-state index contributed by atoms with van der Waals surface area (Å²) in [4.78, 5) is 0.713. The van der Waals surface area contributed by atoms with Crippen molar-refractivity contribution in [2.45, 2.75) is 30.3 Å². The number of hydrogen-bond donors (Lipinski definition) is 1. The van der Waals surface area contributed by atoms with Crippen LogP contribution in [-0.2, 0) is 15.5 Å². The number of nitrogens with two attached hydrogens (primary N) is 1. The summed E-state index contributed by atoms with van der Waals surface area (Å²) in [6, 6.07) is 5.24. The van der Waals surface area contributed by atoms with Crippen LogP contribution in [0.1, 0.15) is 19.3 Å². The second-order valence-corrected chi connectivity index (χ2v) is 5.92. The fourth-order valence-corrected chi connectivity index (χ4v) is 3.38. The van der Waals surface area contributed by atoms with Crippen LogP contribution in [0.5, 0.6) is 5.75 Å². The zero-order valence-corrected chi connectivity index (χ0v) is 11.4. The van der Waals surface area contributed by atoms with Crippen LogP contribution < -0.4 is 10.5 Å². The lowest BCUT2D eigenvalue weighted by molar-refractivity contribution is 0.109. The standard InChI is InChI=1S/C13H19NO3S/c1-16-12-9-10(14)4-5-13(12)18(15)8-6-11-3-2-7-17-11/h4-5,9,11H,2-3,6-8,14H2,1H3. The third-order valence-electron chi connectivity index (χ3n) is 3.08. The van der Waals surface area contributed by atoms with Crippen molar-refractivity contribution in [3.05, 3.63) is 18.2 Å². The lowest BCUT2D eigenvalue weighted by Gasteiger charge is -2.11. The van der Waals surface area contributed by atoms with Crippen LogP contribution in [-0.4, -0.2) is 29.8 Å². The fourth-order valence-electron chi connectivity index (χ4n) is 2.09. The van der Waals surface area contributed by atoms with Gasteiger partial charge < -0.3 is 15.2 Å². The SMILES string of the molecule is COc1cc(N)ccc1S(=O)CCC1CCCO1. The van der Waals surface area contributed by atoms with Crippen LogP contribution in [0.3, 0.4) is 0 Å². The quantitative estimate of drug-likeness (QED) is 0.830. The molecule has 18 heavy (non-hydrogen) atoms. The van der Waals surface area contributed by atoms with E-state index in [0.717, 1.165) is 25.9 Å². The number of hydrogen-bond acceptors (Lipinski definition) is 4. The van der Waals surface area contributed by atoms with Crippen LogP contribution in [0.25, 0.3) is 0 Å². The molecule has 4 nitrogen and oxygen atoms in total. The Balaban J connectivity index is 1.99. The number of ether oxygens (including phenoxy) is 2. The average molecular weight is 269 g/mol. The number of methoxy groups -OCH3 is 1. The van der Waals surface area contributed by atoms with Crippen LogP contribution in [0.2, 0.25) is 0 Å². The summed E-state index contributed by atoms with van der Waals surface area (Å²) in [6.07, 6.45) is 3.30. The summed E-state index contributed by atoms with van der Waals surface area (Å²) in [5, 5.41) is 0. The first-order valence-electron chi connectivity index (χ1n) is 6.14. The monoisotopic (exact) mass is 269 g/mol. The van der Waals surface area contributed by atoms with Gasteiger partial charge in [0, 0.05) is 24.1 Å². The Hall–Kier alpha value is -1.07. The molecule has 2 atom stereocenters. The lowest BCUT2D eigenvalue weighted by Crippen LogP contribution is -2.11. The average Bonchev–Trinajstić information content (AvgIpc) is 2.88.